The number of nitrogens with zero attached hydrogens (tertiary/aromatic N) is 1. The summed E-state index contributed by atoms with van der Waals surface area (Å²) in [7, 11) is 0. The van der Waals surface area contributed by atoms with Crippen LogP contribution in [0.5, 0.6) is 11.5 Å². The number of ether oxygens (including phenoxy) is 1. The number of nitrogens with two attached hydrogens (primary N) is 1. The molecule has 0 aliphatic carbocycles. The van der Waals surface area contributed by atoms with Crippen LogP contribution in [0.4, 0.5) is 4.79 Å². The molecule has 3 rings (SSSR count). The molecule has 0 aliphatic heterocycles. The van der Waals surface area contributed by atoms with E-state index < -0.39 is 12.1 Å². The second-order valence-corrected chi connectivity index (χ2v) is 6.80. The predicted octanol–water partition coefficient (Wildman–Crippen LogP) is 3.85. The maximum atomic E-state index is 12.6. The molecule has 0 bridgehead atoms. The lowest BCUT2D eigenvalue weighted by atomic mass is 10.0. The summed E-state index contributed by atoms with van der Waals surface area (Å²) < 4.78 is 5.85. The van der Waals surface area contributed by atoms with Gasteiger partial charge in [-0.3, -0.25) is 9.78 Å². The van der Waals surface area contributed by atoms with Gasteiger partial charge in [0, 0.05) is 6.20 Å². The monoisotopic (exact) mass is 404 g/mol. The molecule has 0 saturated heterocycles. The molecule has 2 aromatic carbocycles. The van der Waals surface area contributed by atoms with E-state index in [4.69, 9.17) is 10.5 Å². The third-order valence-electron chi connectivity index (χ3n) is 4.45. The van der Waals surface area contributed by atoms with E-state index >= 15 is 0 Å². The van der Waals surface area contributed by atoms with Crippen molar-refractivity contribution < 1.29 is 14.3 Å². The van der Waals surface area contributed by atoms with Crippen molar-refractivity contribution in [1.29, 1.82) is 0 Å². The molecule has 0 unspecified atom stereocenters. The Bertz CT molecular complexity index is 980. The standard InChI is InChI=1S/C23H24N4O3/c1-16(20-12-5-6-13-25-20)26-22(28)15-21(27-23(24)29)17-8-7-11-19(14-17)30-18-9-3-2-4-10-18/h2-14,16,21H,15H2,1H3,(H,26,28)(H3,24,27,29)/t16-,21+/m1/s1. The summed E-state index contributed by atoms with van der Waals surface area (Å²) in [6, 6.07) is 20.5. The van der Waals surface area contributed by atoms with E-state index in [2.05, 4.69) is 15.6 Å². The molecule has 2 atom stereocenters. The van der Waals surface area contributed by atoms with Crippen molar-refractivity contribution in [1.82, 2.24) is 15.6 Å². The minimum atomic E-state index is -0.708. The summed E-state index contributed by atoms with van der Waals surface area (Å²) in [5, 5.41) is 5.54. The lowest BCUT2D eigenvalue weighted by molar-refractivity contribution is -0.122. The number of primary amides is 1. The average molecular weight is 404 g/mol. The molecule has 0 fully saturated rings. The highest BCUT2D eigenvalue weighted by atomic mass is 16.5. The number of benzene rings is 2. The molecule has 3 amide bonds. The molecule has 154 valence electrons. The van der Waals surface area contributed by atoms with E-state index in [1.165, 1.54) is 0 Å². The third kappa shape index (κ3) is 6.07. The lowest BCUT2D eigenvalue weighted by Gasteiger charge is -2.20. The summed E-state index contributed by atoms with van der Waals surface area (Å²) in [5.74, 6) is 1.05. The average Bonchev–Trinajstić information content (AvgIpc) is 2.74. The molecule has 30 heavy (non-hydrogen) atoms. The van der Waals surface area contributed by atoms with Gasteiger partial charge in [-0.1, -0.05) is 36.4 Å². The van der Waals surface area contributed by atoms with Crippen LogP contribution < -0.4 is 21.1 Å². The summed E-state index contributed by atoms with van der Waals surface area (Å²) in [4.78, 5) is 28.4. The molecule has 1 heterocycles. The van der Waals surface area contributed by atoms with Gasteiger partial charge in [-0.25, -0.2) is 4.79 Å². The summed E-state index contributed by atoms with van der Waals surface area (Å²) in [6.07, 6.45) is 1.70. The Hall–Kier alpha value is -3.87. The number of aromatic nitrogens is 1. The number of nitrogens with one attached hydrogen (secondary N) is 2. The molecule has 7 heteroatoms. The van der Waals surface area contributed by atoms with Crippen LogP contribution >= 0.6 is 0 Å². The minimum Gasteiger partial charge on any atom is -0.457 e. The zero-order valence-electron chi connectivity index (χ0n) is 16.6. The first-order chi connectivity index (χ1) is 14.5. The summed E-state index contributed by atoms with van der Waals surface area (Å²) in [6.45, 7) is 1.85. The molecule has 4 N–H and O–H groups in total. The van der Waals surface area contributed by atoms with Gasteiger partial charge >= 0.3 is 6.03 Å². The van der Waals surface area contributed by atoms with Gasteiger partial charge in [0.05, 0.1) is 24.2 Å². The number of carbonyl (C=O) groups is 2. The highest BCUT2D eigenvalue weighted by Gasteiger charge is 2.20. The number of pyridine rings is 1. The highest BCUT2D eigenvalue weighted by molar-refractivity contribution is 5.79. The summed E-state index contributed by atoms with van der Waals surface area (Å²) >= 11 is 0. The van der Waals surface area contributed by atoms with Crippen molar-refractivity contribution in [3.05, 3.63) is 90.3 Å². The lowest BCUT2D eigenvalue weighted by Crippen LogP contribution is -2.37. The van der Waals surface area contributed by atoms with Gasteiger partial charge in [-0.15, -0.1) is 0 Å². The largest absolute Gasteiger partial charge is 0.457 e. The Morgan fingerprint density at radius 2 is 1.70 bits per heavy atom. The van der Waals surface area contributed by atoms with E-state index in [0.717, 1.165) is 5.69 Å². The van der Waals surface area contributed by atoms with Gasteiger partial charge in [0.1, 0.15) is 11.5 Å². The fraction of sp³-hybridized carbons (Fsp3) is 0.174. The third-order valence-corrected chi connectivity index (χ3v) is 4.45. The topological polar surface area (TPSA) is 106 Å². The summed E-state index contributed by atoms with van der Waals surface area (Å²) in [5.41, 5.74) is 6.80. The molecule has 1 aromatic heterocycles. The van der Waals surface area contributed by atoms with Crippen LogP contribution in [0.1, 0.15) is 36.7 Å². The predicted molar refractivity (Wildman–Crippen MR) is 114 cm³/mol. The normalized spacial score (nSPS) is 12.4. The Kier molecular flexibility index (Phi) is 7.00. The van der Waals surface area contributed by atoms with Crippen LogP contribution in [0, 0.1) is 0 Å². The molecule has 3 aromatic rings. The van der Waals surface area contributed by atoms with Gasteiger partial charge < -0.3 is 21.1 Å². The smallest absolute Gasteiger partial charge is 0.312 e. The number of hydrogen-bond acceptors (Lipinski definition) is 4. The SMILES string of the molecule is C[C@@H](NC(=O)C[C@H](NC(N)=O)c1cccc(Oc2ccccc2)c1)c1ccccn1. The van der Waals surface area contributed by atoms with Crippen LogP contribution in [0.3, 0.4) is 0 Å². The fourth-order valence-corrected chi connectivity index (χ4v) is 3.04. The zero-order valence-corrected chi connectivity index (χ0v) is 16.6. The number of hydrogen-bond donors (Lipinski definition) is 3. The van der Waals surface area contributed by atoms with Crippen molar-refractivity contribution in [2.24, 2.45) is 5.73 Å². The van der Waals surface area contributed by atoms with E-state index in [-0.39, 0.29) is 18.4 Å². The Morgan fingerprint density at radius 3 is 2.40 bits per heavy atom. The molecule has 0 spiro atoms. The van der Waals surface area contributed by atoms with E-state index in [9.17, 15) is 9.59 Å². The van der Waals surface area contributed by atoms with E-state index in [0.29, 0.717) is 17.1 Å². The number of amides is 3. The van der Waals surface area contributed by atoms with Crippen molar-refractivity contribution in [2.45, 2.75) is 25.4 Å². The maximum absolute atomic E-state index is 12.6. The molecule has 0 aliphatic rings. The molecule has 0 radical (unpaired) electrons. The van der Waals surface area contributed by atoms with Crippen LogP contribution in [0.2, 0.25) is 0 Å². The Morgan fingerprint density at radius 1 is 0.967 bits per heavy atom. The van der Waals surface area contributed by atoms with Crippen LogP contribution in [0.15, 0.2) is 79.0 Å². The Labute approximate surface area is 175 Å². The fourth-order valence-electron chi connectivity index (χ4n) is 3.04. The van der Waals surface area contributed by atoms with Crippen molar-refractivity contribution >= 4 is 11.9 Å². The Balaban J connectivity index is 1.71. The first-order valence-electron chi connectivity index (χ1n) is 9.60. The first-order valence-corrected chi connectivity index (χ1v) is 9.60. The first kappa shape index (κ1) is 20.9. The number of para-hydroxylation sites is 1. The van der Waals surface area contributed by atoms with E-state index in [1.54, 1.807) is 24.4 Å². The van der Waals surface area contributed by atoms with Gasteiger partial charge in [0.25, 0.3) is 0 Å². The van der Waals surface area contributed by atoms with Crippen LogP contribution in [-0.2, 0) is 4.79 Å². The van der Waals surface area contributed by atoms with Gasteiger partial charge in [-0.2, -0.15) is 0 Å². The molecule has 0 saturated carbocycles. The number of carbonyl (C=O) groups excluding carboxylic acids is 2. The van der Waals surface area contributed by atoms with Crippen molar-refractivity contribution in [2.75, 3.05) is 0 Å². The second-order valence-electron chi connectivity index (χ2n) is 6.80. The van der Waals surface area contributed by atoms with Crippen LogP contribution in [-0.4, -0.2) is 16.9 Å². The molecular formula is C23H24N4O3. The quantitative estimate of drug-likeness (QED) is 0.530. The minimum absolute atomic E-state index is 0.0227. The van der Waals surface area contributed by atoms with Crippen molar-refractivity contribution in [3.8, 4) is 11.5 Å². The van der Waals surface area contributed by atoms with Gasteiger partial charge in [0.2, 0.25) is 5.91 Å². The number of urea groups is 1. The van der Waals surface area contributed by atoms with Gasteiger partial charge in [0.15, 0.2) is 0 Å². The van der Waals surface area contributed by atoms with E-state index in [1.807, 2.05) is 61.5 Å². The molecular weight excluding hydrogens is 380 g/mol. The molecule has 7 nitrogen and oxygen atoms in total. The van der Waals surface area contributed by atoms with Gasteiger partial charge in [-0.05, 0) is 48.9 Å². The van der Waals surface area contributed by atoms with Crippen LogP contribution in [0.25, 0.3) is 0 Å². The van der Waals surface area contributed by atoms with Crippen molar-refractivity contribution in [3.63, 3.8) is 0 Å². The second kappa shape index (κ2) is 10.1. The zero-order chi connectivity index (χ0) is 21.3. The highest BCUT2D eigenvalue weighted by Crippen LogP contribution is 2.26. The maximum Gasteiger partial charge on any atom is 0.312 e. The number of rotatable bonds is 8.